The number of carbonyl (C=O) groups excluding carboxylic acids is 3. The zero-order chi connectivity index (χ0) is 18.2. The molecule has 1 aliphatic heterocycles. The van der Waals surface area contributed by atoms with Gasteiger partial charge in [-0.1, -0.05) is 31.2 Å². The molecule has 0 atom stereocenters. The molecule has 1 aliphatic rings. The lowest BCUT2D eigenvalue weighted by Crippen LogP contribution is -2.46. The molecule has 0 radical (unpaired) electrons. The molecule has 25 heavy (non-hydrogen) atoms. The zero-order valence-corrected chi connectivity index (χ0v) is 14.8. The molecule has 0 aromatic heterocycles. The van der Waals surface area contributed by atoms with Crippen LogP contribution in [0.3, 0.4) is 0 Å². The van der Waals surface area contributed by atoms with E-state index < -0.39 is 12.0 Å². The minimum absolute atomic E-state index is 0.0136. The predicted octanol–water partition coefficient (Wildman–Crippen LogP) is 1.17. The molecule has 2 rings (SSSR count). The summed E-state index contributed by atoms with van der Waals surface area (Å²) in [6.45, 7) is 5.68. The van der Waals surface area contributed by atoms with Crippen LogP contribution >= 0.6 is 0 Å². The van der Waals surface area contributed by atoms with E-state index in [0.717, 1.165) is 6.42 Å². The minimum atomic E-state index is -0.762. The van der Waals surface area contributed by atoms with Gasteiger partial charge in [0.1, 0.15) is 0 Å². The Morgan fingerprint density at radius 3 is 2.56 bits per heavy atom. The van der Waals surface area contributed by atoms with Crippen LogP contribution in [-0.4, -0.2) is 60.5 Å². The molecule has 7 nitrogen and oxygen atoms in total. The lowest BCUT2D eigenvalue weighted by atomic mass is 10.00. The molecule has 0 saturated carbocycles. The molecule has 0 spiro atoms. The fourth-order valence-electron chi connectivity index (χ4n) is 2.80. The van der Waals surface area contributed by atoms with Crippen molar-refractivity contribution < 1.29 is 19.1 Å². The van der Waals surface area contributed by atoms with E-state index in [4.69, 9.17) is 0 Å². The first-order chi connectivity index (χ1) is 12.0. The summed E-state index contributed by atoms with van der Waals surface area (Å²) in [7, 11) is 0. The van der Waals surface area contributed by atoms with E-state index in [2.05, 4.69) is 16.1 Å². The van der Waals surface area contributed by atoms with Crippen molar-refractivity contribution >= 4 is 17.9 Å². The number of rotatable bonds is 6. The summed E-state index contributed by atoms with van der Waals surface area (Å²) in [5, 5.41) is 2.14. The van der Waals surface area contributed by atoms with Crippen molar-refractivity contribution in [3.05, 3.63) is 35.4 Å². The fraction of sp³-hybridized carbons (Fsp3) is 0.500. The van der Waals surface area contributed by atoms with Crippen molar-refractivity contribution in [2.24, 2.45) is 0 Å². The van der Waals surface area contributed by atoms with Crippen LogP contribution in [0.1, 0.15) is 25.0 Å². The standard InChI is InChI=1S/C18H25N3O4/c1-3-20(12-16(22)19-18(24)25-4-2)13-17(23)21-10-9-14-7-5-6-8-15(14)11-21/h5-8H,3-4,9-13H2,1-2H3,(H,19,22,24). The first-order valence-electron chi connectivity index (χ1n) is 8.57. The number of hydrogen-bond donors (Lipinski definition) is 1. The predicted molar refractivity (Wildman–Crippen MR) is 92.8 cm³/mol. The van der Waals surface area contributed by atoms with Gasteiger partial charge in [0, 0.05) is 13.1 Å². The van der Waals surface area contributed by atoms with Crippen LogP contribution in [0.25, 0.3) is 0 Å². The fourth-order valence-corrected chi connectivity index (χ4v) is 2.80. The highest BCUT2D eigenvalue weighted by Crippen LogP contribution is 2.18. The number of hydrogen-bond acceptors (Lipinski definition) is 5. The average Bonchev–Trinajstić information content (AvgIpc) is 2.60. The minimum Gasteiger partial charge on any atom is -0.450 e. The third kappa shape index (κ3) is 5.56. The quantitative estimate of drug-likeness (QED) is 0.836. The second-order valence-electron chi connectivity index (χ2n) is 5.91. The Hall–Kier alpha value is -2.41. The van der Waals surface area contributed by atoms with Gasteiger partial charge in [-0.15, -0.1) is 0 Å². The van der Waals surface area contributed by atoms with E-state index in [9.17, 15) is 14.4 Å². The Bertz CT molecular complexity index is 633. The van der Waals surface area contributed by atoms with Gasteiger partial charge in [-0.2, -0.15) is 0 Å². The number of amides is 3. The maximum absolute atomic E-state index is 12.5. The van der Waals surface area contributed by atoms with E-state index in [1.165, 1.54) is 11.1 Å². The Morgan fingerprint density at radius 2 is 1.88 bits per heavy atom. The lowest BCUT2D eigenvalue weighted by molar-refractivity contribution is -0.133. The van der Waals surface area contributed by atoms with E-state index in [1.54, 1.807) is 11.8 Å². The van der Waals surface area contributed by atoms with E-state index in [-0.39, 0.29) is 25.6 Å². The third-order valence-corrected chi connectivity index (χ3v) is 4.17. The second kappa shape index (κ2) is 9.17. The van der Waals surface area contributed by atoms with Crippen LogP contribution in [0.4, 0.5) is 4.79 Å². The maximum atomic E-state index is 12.5. The summed E-state index contributed by atoms with van der Waals surface area (Å²) in [5.74, 6) is -0.489. The van der Waals surface area contributed by atoms with E-state index in [0.29, 0.717) is 19.6 Å². The van der Waals surface area contributed by atoms with Gasteiger partial charge < -0.3 is 9.64 Å². The Balaban J connectivity index is 1.85. The zero-order valence-electron chi connectivity index (χ0n) is 14.8. The summed E-state index contributed by atoms with van der Waals surface area (Å²) in [5.41, 5.74) is 2.46. The second-order valence-corrected chi connectivity index (χ2v) is 5.91. The molecular formula is C18H25N3O4. The van der Waals surface area contributed by atoms with Gasteiger partial charge >= 0.3 is 6.09 Å². The van der Waals surface area contributed by atoms with E-state index >= 15 is 0 Å². The number of fused-ring (bicyclic) bond motifs is 1. The highest BCUT2D eigenvalue weighted by molar-refractivity contribution is 5.93. The van der Waals surface area contributed by atoms with Crippen LogP contribution in [0.2, 0.25) is 0 Å². The van der Waals surface area contributed by atoms with Crippen molar-refractivity contribution in [1.82, 2.24) is 15.1 Å². The summed E-state index contributed by atoms with van der Waals surface area (Å²) in [4.78, 5) is 39.2. The smallest absolute Gasteiger partial charge is 0.413 e. The molecule has 0 aliphatic carbocycles. The molecule has 1 aromatic carbocycles. The van der Waals surface area contributed by atoms with Crippen LogP contribution in [0.5, 0.6) is 0 Å². The van der Waals surface area contributed by atoms with Crippen LogP contribution in [0, 0.1) is 0 Å². The number of nitrogens with zero attached hydrogens (tertiary/aromatic N) is 2. The van der Waals surface area contributed by atoms with Crippen LogP contribution in [0.15, 0.2) is 24.3 Å². The Morgan fingerprint density at radius 1 is 1.16 bits per heavy atom. The summed E-state index contributed by atoms with van der Waals surface area (Å²) < 4.78 is 4.67. The summed E-state index contributed by atoms with van der Waals surface area (Å²) in [6.07, 6.45) is 0.0831. The van der Waals surface area contributed by atoms with Crippen LogP contribution < -0.4 is 5.32 Å². The SMILES string of the molecule is CCOC(=O)NC(=O)CN(CC)CC(=O)N1CCc2ccccc2C1. The Kier molecular flexibility index (Phi) is 6.94. The molecule has 0 unspecified atom stereocenters. The molecule has 1 N–H and O–H groups in total. The van der Waals surface area contributed by atoms with Gasteiger partial charge in [-0.3, -0.25) is 19.8 Å². The average molecular weight is 347 g/mol. The first-order valence-corrected chi connectivity index (χ1v) is 8.57. The van der Waals surface area contributed by atoms with Gasteiger partial charge in [0.2, 0.25) is 11.8 Å². The largest absolute Gasteiger partial charge is 0.450 e. The molecule has 0 saturated heterocycles. The summed E-state index contributed by atoms with van der Waals surface area (Å²) in [6, 6.07) is 8.12. The number of ether oxygens (including phenoxy) is 1. The van der Waals surface area contributed by atoms with Crippen molar-refractivity contribution in [3.8, 4) is 0 Å². The molecule has 0 bridgehead atoms. The highest BCUT2D eigenvalue weighted by atomic mass is 16.5. The number of benzene rings is 1. The molecule has 1 aromatic rings. The number of carbonyl (C=O) groups is 3. The topological polar surface area (TPSA) is 79.0 Å². The van der Waals surface area contributed by atoms with Crippen molar-refractivity contribution in [1.29, 1.82) is 0 Å². The lowest BCUT2D eigenvalue weighted by Gasteiger charge is -2.30. The van der Waals surface area contributed by atoms with Gasteiger partial charge in [-0.05, 0) is 31.0 Å². The first kappa shape index (κ1) is 18.9. The van der Waals surface area contributed by atoms with Crippen molar-refractivity contribution in [2.75, 3.05) is 32.8 Å². The number of likely N-dealkylation sites (N-methyl/N-ethyl adjacent to an activating group) is 1. The number of alkyl carbamates (subject to hydrolysis) is 1. The Labute approximate surface area is 147 Å². The molecule has 1 heterocycles. The van der Waals surface area contributed by atoms with Crippen molar-refractivity contribution in [3.63, 3.8) is 0 Å². The van der Waals surface area contributed by atoms with Gasteiger partial charge in [0.25, 0.3) is 0 Å². The number of nitrogens with one attached hydrogen (secondary N) is 1. The monoisotopic (exact) mass is 347 g/mol. The molecule has 3 amide bonds. The molecule has 7 heteroatoms. The third-order valence-electron chi connectivity index (χ3n) is 4.17. The molecular weight excluding hydrogens is 322 g/mol. The van der Waals surface area contributed by atoms with Crippen LogP contribution in [-0.2, 0) is 27.3 Å². The number of imide groups is 1. The van der Waals surface area contributed by atoms with E-state index in [1.807, 2.05) is 30.0 Å². The summed E-state index contributed by atoms with van der Waals surface area (Å²) >= 11 is 0. The van der Waals surface area contributed by atoms with Crippen molar-refractivity contribution in [2.45, 2.75) is 26.8 Å². The van der Waals surface area contributed by atoms with Gasteiger partial charge in [0.15, 0.2) is 0 Å². The molecule has 0 fully saturated rings. The highest BCUT2D eigenvalue weighted by Gasteiger charge is 2.23. The van der Waals surface area contributed by atoms with Gasteiger partial charge in [0.05, 0.1) is 19.7 Å². The normalized spacial score (nSPS) is 13.3. The maximum Gasteiger partial charge on any atom is 0.413 e. The molecule has 136 valence electrons. The van der Waals surface area contributed by atoms with Gasteiger partial charge in [-0.25, -0.2) is 4.79 Å².